The number of hydrogen-bond acceptors (Lipinski definition) is 13. The molecule has 0 radical (unpaired) electrons. The second-order valence-corrected chi connectivity index (χ2v) is 13.5. The van der Waals surface area contributed by atoms with Crippen LogP contribution in [0.3, 0.4) is 0 Å². The third-order valence-corrected chi connectivity index (χ3v) is 10.2. The van der Waals surface area contributed by atoms with Crippen molar-refractivity contribution in [2.24, 2.45) is 9.98 Å². The third kappa shape index (κ3) is 6.26. The number of H-pyrrole nitrogens is 2. The summed E-state index contributed by atoms with van der Waals surface area (Å²) in [5, 5.41) is 16.9. The number of anilines is 4. The standard InChI is InChI=1S/C19H18BrN7O2.C14H9BrN6O2/c1-10-8-29-3-2-27(10)19(28)16-15(20)14-17(23-9-24-18(14)26-16)25-12-4-11-5-21-7-13(11)22-6-12;15-10-9-12(18-5-19-13(9)21-11(10)14(22)23)20-7-1-6-2-16-4-8(6)17-3-7/h4-6,9-10H,2-3,7-8H2,1H3,(H2,23,24,25,26);1-3,5H,4H2,(H,22,23)(H2,18,19,20,21)/t10-;/m1./s1. The van der Waals surface area contributed by atoms with Crippen LogP contribution in [-0.4, -0.2) is 100.0 Å². The summed E-state index contributed by atoms with van der Waals surface area (Å²) in [6.45, 7) is 4.81. The lowest BCUT2D eigenvalue weighted by Crippen LogP contribution is -2.47. The molecule has 17 nitrogen and oxygen atoms in total. The fraction of sp³-hybridized carbons (Fsp3) is 0.212. The molecule has 0 unspecified atom stereocenters. The quantitative estimate of drug-likeness (QED) is 0.147. The lowest BCUT2D eigenvalue weighted by molar-refractivity contribution is 0.00327. The van der Waals surface area contributed by atoms with Gasteiger partial charge in [-0.25, -0.2) is 24.7 Å². The molecule has 3 aliphatic rings. The van der Waals surface area contributed by atoms with Crippen LogP contribution in [0.15, 0.2) is 56.1 Å². The second-order valence-electron chi connectivity index (χ2n) is 12.0. The average Bonchev–Trinajstić information content (AvgIpc) is 3.94. The van der Waals surface area contributed by atoms with Gasteiger partial charge < -0.3 is 35.3 Å². The summed E-state index contributed by atoms with van der Waals surface area (Å²) >= 11 is 6.88. The van der Waals surface area contributed by atoms with Gasteiger partial charge in [0.2, 0.25) is 0 Å². The monoisotopic (exact) mass is 827 g/mol. The van der Waals surface area contributed by atoms with Crippen molar-refractivity contribution < 1.29 is 19.4 Å². The number of fused-ring (bicyclic) bond motifs is 4. The maximum atomic E-state index is 13.1. The van der Waals surface area contributed by atoms with E-state index in [-0.39, 0.29) is 17.6 Å². The number of amides is 1. The van der Waals surface area contributed by atoms with Gasteiger partial charge >= 0.3 is 5.97 Å². The Kier molecular flexibility index (Phi) is 8.89. The molecule has 1 fully saturated rings. The van der Waals surface area contributed by atoms with Crippen LogP contribution >= 0.6 is 31.9 Å². The second kappa shape index (κ2) is 13.8. The number of carboxylic acid groups (broad SMARTS) is 1. The Labute approximate surface area is 310 Å². The Morgan fingerprint density at radius 2 is 1.37 bits per heavy atom. The molecule has 0 bridgehead atoms. The average molecular weight is 829 g/mol. The first kappa shape index (κ1) is 33.5. The summed E-state index contributed by atoms with van der Waals surface area (Å²) in [7, 11) is 0. The van der Waals surface area contributed by atoms with Crippen LogP contribution in [0, 0.1) is 0 Å². The number of aromatic nitrogens is 8. The van der Waals surface area contributed by atoms with Crippen LogP contribution in [0.5, 0.6) is 0 Å². The van der Waals surface area contributed by atoms with Gasteiger partial charge in [0.15, 0.2) is 0 Å². The maximum absolute atomic E-state index is 13.1. The molecule has 0 saturated carbocycles. The highest BCUT2D eigenvalue weighted by Crippen LogP contribution is 2.35. The van der Waals surface area contributed by atoms with Crippen molar-refractivity contribution >= 4 is 101 Å². The zero-order valence-corrected chi connectivity index (χ0v) is 30.4. The number of carbonyl (C=O) groups excluding carboxylic acids is 1. The van der Waals surface area contributed by atoms with E-state index in [0.29, 0.717) is 81.2 Å². The highest BCUT2D eigenvalue weighted by molar-refractivity contribution is 9.11. The lowest BCUT2D eigenvalue weighted by atomic mass is 10.2. The molecule has 6 aromatic heterocycles. The normalized spacial score (nSPS) is 15.8. The topological polar surface area (TPSA) is 225 Å². The lowest BCUT2D eigenvalue weighted by Gasteiger charge is -2.33. The number of aromatic carboxylic acids is 1. The third-order valence-electron chi connectivity index (χ3n) is 8.59. The number of rotatable bonds is 6. The predicted octanol–water partition coefficient (Wildman–Crippen LogP) is 5.14. The van der Waals surface area contributed by atoms with Crippen molar-refractivity contribution in [1.29, 1.82) is 0 Å². The van der Waals surface area contributed by atoms with Crippen LogP contribution in [0.1, 0.15) is 50.4 Å². The number of pyridine rings is 2. The van der Waals surface area contributed by atoms with Crippen molar-refractivity contribution in [2.75, 3.05) is 30.4 Å². The van der Waals surface area contributed by atoms with Gasteiger partial charge in [-0.2, -0.15) is 0 Å². The number of ether oxygens (including phenoxy) is 1. The minimum atomic E-state index is -1.07. The van der Waals surface area contributed by atoms with E-state index < -0.39 is 5.97 Å². The molecule has 1 saturated heterocycles. The van der Waals surface area contributed by atoms with Crippen molar-refractivity contribution in [2.45, 2.75) is 26.1 Å². The molecule has 52 heavy (non-hydrogen) atoms. The number of aliphatic imine (C=N–C) groups is 2. The molecule has 5 N–H and O–H groups in total. The van der Waals surface area contributed by atoms with Crippen LogP contribution in [0.25, 0.3) is 22.1 Å². The van der Waals surface area contributed by atoms with Gasteiger partial charge in [-0.1, -0.05) is 0 Å². The summed E-state index contributed by atoms with van der Waals surface area (Å²) < 4.78 is 6.48. The molecule has 0 aromatic carbocycles. The Morgan fingerprint density at radius 1 is 0.827 bits per heavy atom. The number of morpholine rings is 1. The van der Waals surface area contributed by atoms with E-state index >= 15 is 0 Å². The number of nitrogens with zero attached hydrogens (tertiary/aromatic N) is 9. The number of nitrogens with one attached hydrogen (secondary N) is 4. The van der Waals surface area contributed by atoms with E-state index in [9.17, 15) is 14.7 Å². The van der Waals surface area contributed by atoms with Crippen molar-refractivity contribution in [3.63, 3.8) is 0 Å². The Balaban J connectivity index is 0.000000153. The predicted molar refractivity (Wildman–Crippen MR) is 199 cm³/mol. The van der Waals surface area contributed by atoms with Gasteiger partial charge in [-0.15, -0.1) is 0 Å². The summed E-state index contributed by atoms with van der Waals surface area (Å²) in [4.78, 5) is 66.2. The maximum Gasteiger partial charge on any atom is 0.353 e. The molecular weight excluding hydrogens is 802 g/mol. The summed E-state index contributed by atoms with van der Waals surface area (Å²) in [5.74, 6) is -0.0885. The number of hydrogen-bond donors (Lipinski definition) is 5. The molecule has 0 aliphatic carbocycles. The largest absolute Gasteiger partial charge is 0.477 e. The first-order valence-electron chi connectivity index (χ1n) is 15.9. The number of halogens is 2. The molecule has 1 amide bonds. The van der Waals surface area contributed by atoms with Crippen LogP contribution in [0.4, 0.5) is 23.0 Å². The van der Waals surface area contributed by atoms with Crippen LogP contribution < -0.4 is 10.6 Å². The molecule has 0 spiro atoms. The fourth-order valence-corrected chi connectivity index (χ4v) is 7.30. The Morgan fingerprint density at radius 3 is 1.90 bits per heavy atom. The Bertz CT molecular complexity index is 2460. The van der Waals surface area contributed by atoms with Gasteiger partial charge in [0.25, 0.3) is 5.91 Å². The molecule has 9 rings (SSSR count). The number of carboxylic acids is 1. The van der Waals surface area contributed by atoms with E-state index in [0.717, 1.165) is 33.9 Å². The summed E-state index contributed by atoms with van der Waals surface area (Å²) in [6.07, 6.45) is 9.86. The molecule has 9 heterocycles. The van der Waals surface area contributed by atoms with Gasteiger partial charge in [-0.3, -0.25) is 24.7 Å². The molecule has 262 valence electrons. The van der Waals surface area contributed by atoms with Crippen molar-refractivity contribution in [1.82, 2.24) is 44.8 Å². The van der Waals surface area contributed by atoms with Crippen LogP contribution in [0.2, 0.25) is 0 Å². The van der Waals surface area contributed by atoms with Gasteiger partial charge in [-0.05, 0) is 50.9 Å². The highest BCUT2D eigenvalue weighted by atomic mass is 79.9. The zero-order valence-electron chi connectivity index (χ0n) is 27.2. The summed E-state index contributed by atoms with van der Waals surface area (Å²) in [5.41, 5.74) is 6.86. The Hall–Kier alpha value is -5.66. The van der Waals surface area contributed by atoms with Gasteiger partial charge in [0.05, 0.1) is 87.2 Å². The fourth-order valence-electron chi connectivity index (χ4n) is 6.01. The van der Waals surface area contributed by atoms with Crippen molar-refractivity contribution in [3.8, 4) is 0 Å². The van der Waals surface area contributed by atoms with E-state index in [4.69, 9.17) is 4.74 Å². The number of aromatic amines is 2. The molecule has 3 aliphatic heterocycles. The highest BCUT2D eigenvalue weighted by Gasteiger charge is 2.29. The van der Waals surface area contributed by atoms with E-state index in [1.807, 2.05) is 30.2 Å². The van der Waals surface area contributed by atoms with Gasteiger partial charge in [0, 0.05) is 30.1 Å². The number of carbonyl (C=O) groups is 2. The van der Waals surface area contributed by atoms with Crippen LogP contribution in [-0.2, 0) is 17.8 Å². The van der Waals surface area contributed by atoms with E-state index in [1.54, 1.807) is 18.6 Å². The van der Waals surface area contributed by atoms with Gasteiger partial charge in [0.1, 0.15) is 47.0 Å². The minimum absolute atomic E-state index is 0.0115. The molecular formula is C33H27Br2N13O4. The first-order chi connectivity index (χ1) is 25.2. The minimum Gasteiger partial charge on any atom is -0.477 e. The van der Waals surface area contributed by atoms with E-state index in [1.165, 1.54) is 12.7 Å². The molecule has 1 atom stereocenters. The van der Waals surface area contributed by atoms with E-state index in [2.05, 4.69) is 92.4 Å². The SMILES string of the molecule is C[C@@H]1COCCN1C(=O)c1[nH]c2ncnc(Nc3cnc4c(c3)C=NC4)c2c1Br.O=C(O)c1[nH]c2ncnc(Nc3cnc4c(c3)C=NC4)c2c1Br. The molecule has 6 aromatic rings. The molecule has 19 heteroatoms. The zero-order chi connectivity index (χ0) is 35.9. The summed E-state index contributed by atoms with van der Waals surface area (Å²) in [6, 6.07) is 3.91. The van der Waals surface area contributed by atoms with Crippen molar-refractivity contribution in [3.05, 3.63) is 80.0 Å². The first-order valence-corrected chi connectivity index (χ1v) is 17.5. The smallest absolute Gasteiger partial charge is 0.353 e.